The van der Waals surface area contributed by atoms with Gasteiger partial charge in [-0.2, -0.15) is 0 Å². The van der Waals surface area contributed by atoms with Crippen molar-refractivity contribution in [3.63, 3.8) is 0 Å². The minimum Gasteiger partial charge on any atom is -0.345 e. The normalized spacial score (nSPS) is 13.8. The number of rotatable bonds is 4. The van der Waals surface area contributed by atoms with Crippen LogP contribution in [0, 0.1) is 0 Å². The molecule has 0 atom stereocenters. The first-order chi connectivity index (χ1) is 14.6. The number of carbonyl (C=O) groups excluding carboxylic acids is 1. The van der Waals surface area contributed by atoms with Crippen molar-refractivity contribution in [1.29, 1.82) is 0 Å². The number of hydrogen-bond acceptors (Lipinski definition) is 5. The van der Waals surface area contributed by atoms with Gasteiger partial charge < -0.3 is 15.1 Å². The first-order valence-corrected chi connectivity index (χ1v) is 10.4. The monoisotopic (exact) mass is 437 g/mol. The van der Waals surface area contributed by atoms with Crippen molar-refractivity contribution in [3.05, 3.63) is 83.1 Å². The lowest BCUT2D eigenvalue weighted by Crippen LogP contribution is -2.50. The Morgan fingerprint density at radius 1 is 0.967 bits per heavy atom. The van der Waals surface area contributed by atoms with Gasteiger partial charge in [0.25, 0.3) is 0 Å². The topological polar surface area (TPSA) is 61.4 Å². The number of nitrogens with one attached hydrogen (secondary N) is 1. The molecule has 2 aromatic carbocycles. The fourth-order valence-corrected chi connectivity index (χ4v) is 3.78. The van der Waals surface area contributed by atoms with Crippen LogP contribution in [0.4, 0.5) is 11.6 Å². The summed E-state index contributed by atoms with van der Waals surface area (Å²) in [5, 5.41) is 4.32. The second-order valence-corrected chi connectivity index (χ2v) is 7.66. The maximum atomic E-state index is 13.0. The van der Waals surface area contributed by atoms with Gasteiger partial charge in [-0.25, -0.2) is 9.97 Å². The number of benzene rings is 2. The quantitative estimate of drug-likeness (QED) is 0.491. The molecule has 1 aliphatic rings. The molecule has 0 aliphatic carbocycles. The van der Waals surface area contributed by atoms with E-state index in [-0.39, 0.29) is 5.78 Å². The number of aromatic nitrogens is 2. The third-order valence-electron chi connectivity index (χ3n) is 4.91. The molecule has 152 valence electrons. The van der Waals surface area contributed by atoms with Crippen molar-refractivity contribution in [1.82, 2.24) is 14.9 Å². The van der Waals surface area contributed by atoms with E-state index in [0.29, 0.717) is 26.9 Å². The van der Waals surface area contributed by atoms with Gasteiger partial charge in [0.05, 0.1) is 5.69 Å². The second kappa shape index (κ2) is 9.19. The Hall–Kier alpha value is -3.03. The highest BCUT2D eigenvalue weighted by Crippen LogP contribution is 2.24. The van der Waals surface area contributed by atoms with Gasteiger partial charge in [0, 0.05) is 54.7 Å². The van der Waals surface area contributed by atoms with Gasteiger partial charge in [0.1, 0.15) is 0 Å². The van der Waals surface area contributed by atoms with Gasteiger partial charge in [-0.1, -0.05) is 41.9 Å². The van der Waals surface area contributed by atoms with Crippen LogP contribution in [-0.4, -0.2) is 51.9 Å². The van der Waals surface area contributed by atoms with Gasteiger partial charge in [0.15, 0.2) is 10.9 Å². The highest BCUT2D eigenvalue weighted by molar-refractivity contribution is 7.80. The molecule has 30 heavy (non-hydrogen) atoms. The summed E-state index contributed by atoms with van der Waals surface area (Å²) in [6.45, 7) is 3.00. The van der Waals surface area contributed by atoms with Crippen LogP contribution in [0.3, 0.4) is 0 Å². The number of anilines is 2. The molecule has 0 amide bonds. The van der Waals surface area contributed by atoms with Crippen LogP contribution >= 0.6 is 23.8 Å². The van der Waals surface area contributed by atoms with Gasteiger partial charge >= 0.3 is 0 Å². The van der Waals surface area contributed by atoms with E-state index in [2.05, 4.69) is 25.1 Å². The molecule has 0 spiro atoms. The molecule has 0 unspecified atom stereocenters. The molecule has 4 rings (SSSR count). The average Bonchev–Trinajstić information content (AvgIpc) is 2.81. The zero-order chi connectivity index (χ0) is 20.9. The maximum Gasteiger partial charge on any atom is 0.225 e. The van der Waals surface area contributed by atoms with Crippen LogP contribution < -0.4 is 10.2 Å². The largest absolute Gasteiger partial charge is 0.345 e. The van der Waals surface area contributed by atoms with E-state index in [9.17, 15) is 4.79 Å². The Bertz CT molecular complexity index is 1040. The molecule has 0 radical (unpaired) electrons. The van der Waals surface area contributed by atoms with Crippen LogP contribution in [-0.2, 0) is 0 Å². The van der Waals surface area contributed by atoms with Crippen molar-refractivity contribution in [2.24, 2.45) is 0 Å². The molecule has 1 saturated heterocycles. The van der Waals surface area contributed by atoms with E-state index in [1.807, 2.05) is 18.2 Å². The molecule has 1 fully saturated rings. The smallest absolute Gasteiger partial charge is 0.225 e. The van der Waals surface area contributed by atoms with Gasteiger partial charge in [0.2, 0.25) is 5.95 Å². The van der Waals surface area contributed by atoms with Crippen molar-refractivity contribution < 1.29 is 4.79 Å². The van der Waals surface area contributed by atoms with E-state index < -0.39 is 0 Å². The first kappa shape index (κ1) is 20.3. The molecule has 6 nitrogen and oxygen atoms in total. The Labute approximate surface area is 185 Å². The number of hydrogen-bond donors (Lipinski definition) is 1. The zero-order valence-electron chi connectivity index (χ0n) is 16.2. The molecular formula is C22H20ClN5OS. The zero-order valence-corrected chi connectivity index (χ0v) is 17.7. The minimum atomic E-state index is -0.102. The summed E-state index contributed by atoms with van der Waals surface area (Å²) in [5.74, 6) is 0.624. The highest BCUT2D eigenvalue weighted by atomic mass is 35.5. The van der Waals surface area contributed by atoms with E-state index in [0.717, 1.165) is 32.1 Å². The number of nitrogens with zero attached hydrogens (tertiary/aromatic N) is 4. The summed E-state index contributed by atoms with van der Waals surface area (Å²) in [4.78, 5) is 25.8. The molecule has 0 bridgehead atoms. The van der Waals surface area contributed by atoms with Crippen LogP contribution in [0.15, 0.2) is 67.0 Å². The molecule has 1 aromatic heterocycles. The summed E-state index contributed by atoms with van der Waals surface area (Å²) >= 11 is 11.8. The maximum absolute atomic E-state index is 13.0. The number of carbonyl (C=O) groups is 1. The first-order valence-electron chi connectivity index (χ1n) is 9.59. The lowest BCUT2D eigenvalue weighted by atomic mass is 10.0. The average molecular weight is 438 g/mol. The summed E-state index contributed by atoms with van der Waals surface area (Å²) in [7, 11) is 0. The standard InChI is InChI=1S/C22H20ClN5OS/c23-17-7-8-19(18(15-17)20(29)16-5-2-1-3-6-16)26-22(30)28-13-11-27(12-14-28)21-24-9-4-10-25-21/h1-10,15H,11-14H2,(H,26,30). The minimum absolute atomic E-state index is 0.102. The lowest BCUT2D eigenvalue weighted by Gasteiger charge is -2.36. The molecule has 0 saturated carbocycles. The van der Waals surface area contributed by atoms with Gasteiger partial charge in [-0.05, 0) is 36.5 Å². The third-order valence-corrected chi connectivity index (χ3v) is 5.50. The van der Waals surface area contributed by atoms with Crippen molar-refractivity contribution in [2.45, 2.75) is 0 Å². The third kappa shape index (κ3) is 4.58. The Morgan fingerprint density at radius 2 is 1.67 bits per heavy atom. The summed E-state index contributed by atoms with van der Waals surface area (Å²) in [5.41, 5.74) is 1.74. The Balaban J connectivity index is 1.46. The van der Waals surface area contributed by atoms with Crippen molar-refractivity contribution in [3.8, 4) is 0 Å². The Morgan fingerprint density at radius 3 is 2.37 bits per heavy atom. The van der Waals surface area contributed by atoms with Crippen LogP contribution in [0.5, 0.6) is 0 Å². The van der Waals surface area contributed by atoms with Crippen molar-refractivity contribution in [2.75, 3.05) is 36.4 Å². The molecular weight excluding hydrogens is 418 g/mol. The second-order valence-electron chi connectivity index (χ2n) is 6.84. The predicted molar refractivity (Wildman–Crippen MR) is 123 cm³/mol. The van der Waals surface area contributed by atoms with E-state index in [1.54, 1.807) is 48.8 Å². The Kier molecular flexibility index (Phi) is 6.21. The summed E-state index contributed by atoms with van der Waals surface area (Å²) in [6.07, 6.45) is 3.49. The number of ketones is 1. The predicted octanol–water partition coefficient (Wildman–Crippen LogP) is 3.88. The molecule has 3 aromatic rings. The SMILES string of the molecule is O=C(c1ccccc1)c1cc(Cl)ccc1NC(=S)N1CCN(c2ncccn2)CC1. The molecule has 2 heterocycles. The fourth-order valence-electron chi connectivity index (χ4n) is 3.32. The van der Waals surface area contributed by atoms with E-state index >= 15 is 0 Å². The van der Waals surface area contributed by atoms with Gasteiger partial charge in [-0.15, -0.1) is 0 Å². The number of piperazine rings is 1. The molecule has 8 heteroatoms. The molecule has 1 N–H and O–H groups in total. The lowest BCUT2D eigenvalue weighted by molar-refractivity contribution is 0.103. The van der Waals surface area contributed by atoms with Crippen molar-refractivity contribution >= 4 is 46.4 Å². The van der Waals surface area contributed by atoms with E-state index in [1.165, 1.54) is 0 Å². The highest BCUT2D eigenvalue weighted by Gasteiger charge is 2.22. The summed E-state index contributed by atoms with van der Waals surface area (Å²) in [6, 6.07) is 16.1. The van der Waals surface area contributed by atoms with Crippen LogP contribution in [0.2, 0.25) is 5.02 Å². The molecule has 1 aliphatic heterocycles. The number of thiocarbonyl (C=S) groups is 1. The fraction of sp³-hybridized carbons (Fsp3) is 0.182. The van der Waals surface area contributed by atoms with Crippen LogP contribution in [0.25, 0.3) is 0 Å². The van der Waals surface area contributed by atoms with E-state index in [4.69, 9.17) is 23.8 Å². The summed E-state index contributed by atoms with van der Waals surface area (Å²) < 4.78 is 0. The number of halogens is 1. The van der Waals surface area contributed by atoms with Gasteiger partial charge in [-0.3, -0.25) is 4.79 Å². The van der Waals surface area contributed by atoms with Crippen LogP contribution in [0.1, 0.15) is 15.9 Å².